The monoisotopic (exact) mass is 217 g/mol. The number of thioether (sulfide) groups is 1. The molecule has 1 aromatic heterocycles. The van der Waals surface area contributed by atoms with Gasteiger partial charge in [0.05, 0.1) is 10.8 Å². The lowest BCUT2D eigenvalue weighted by Gasteiger charge is -2.00. The first-order valence-corrected chi connectivity index (χ1v) is 6.23. The van der Waals surface area contributed by atoms with Crippen molar-refractivity contribution in [2.24, 2.45) is 0 Å². The highest BCUT2D eigenvalue weighted by molar-refractivity contribution is 8.00. The predicted octanol–water partition coefficient (Wildman–Crippen LogP) is 2.21. The minimum atomic E-state index is 0.779. The molecule has 2 nitrogen and oxygen atoms in total. The number of ether oxygens (including phenoxy) is 1. The average Bonchev–Trinajstić information content (AvgIpc) is 2.60. The second-order valence-electron chi connectivity index (χ2n) is 2.59. The highest BCUT2D eigenvalue weighted by Gasteiger charge is 1.97. The molecule has 0 bridgehead atoms. The maximum atomic E-state index is 4.94. The van der Waals surface area contributed by atoms with Gasteiger partial charge in [0.25, 0.3) is 0 Å². The molecule has 0 aliphatic rings. The van der Waals surface area contributed by atoms with Gasteiger partial charge >= 0.3 is 0 Å². The van der Waals surface area contributed by atoms with Crippen LogP contribution in [0.5, 0.6) is 0 Å². The third-order valence-corrected chi connectivity index (χ3v) is 3.79. The van der Waals surface area contributed by atoms with Crippen LogP contribution in [0.2, 0.25) is 0 Å². The van der Waals surface area contributed by atoms with Gasteiger partial charge in [-0.1, -0.05) is 0 Å². The van der Waals surface area contributed by atoms with Crippen LogP contribution in [0.1, 0.15) is 4.88 Å². The lowest BCUT2D eigenvalue weighted by Crippen LogP contribution is -2.17. The van der Waals surface area contributed by atoms with Crippen molar-refractivity contribution in [3.05, 3.63) is 17.0 Å². The van der Waals surface area contributed by atoms with E-state index in [9.17, 15) is 0 Å². The van der Waals surface area contributed by atoms with Gasteiger partial charge in [-0.3, -0.25) is 0 Å². The Bertz CT molecular complexity index is 237. The summed E-state index contributed by atoms with van der Waals surface area (Å²) in [6.07, 6.45) is 2.11. The van der Waals surface area contributed by atoms with E-state index in [2.05, 4.69) is 23.7 Å². The molecular weight excluding hydrogens is 202 g/mol. The Kier molecular flexibility index (Phi) is 5.46. The second kappa shape index (κ2) is 6.43. The van der Waals surface area contributed by atoms with Crippen LogP contribution in [-0.4, -0.2) is 26.5 Å². The van der Waals surface area contributed by atoms with Crippen LogP contribution in [-0.2, 0) is 11.3 Å². The fourth-order valence-corrected chi connectivity index (χ4v) is 2.51. The zero-order valence-corrected chi connectivity index (χ0v) is 9.63. The molecule has 1 aromatic rings. The summed E-state index contributed by atoms with van der Waals surface area (Å²) >= 11 is 3.65. The molecule has 0 aromatic carbocycles. The molecule has 1 heterocycles. The Morgan fingerprint density at radius 1 is 1.54 bits per heavy atom. The first-order valence-electron chi connectivity index (χ1n) is 4.19. The lowest BCUT2D eigenvalue weighted by molar-refractivity contribution is 0.199. The molecule has 0 fully saturated rings. The van der Waals surface area contributed by atoms with Crippen molar-refractivity contribution in [1.82, 2.24) is 5.32 Å². The fourth-order valence-electron chi connectivity index (χ4n) is 0.949. The van der Waals surface area contributed by atoms with Crippen molar-refractivity contribution >= 4 is 23.1 Å². The summed E-state index contributed by atoms with van der Waals surface area (Å²) < 4.78 is 6.32. The molecule has 0 saturated carbocycles. The molecule has 1 rings (SSSR count). The maximum absolute atomic E-state index is 4.94. The van der Waals surface area contributed by atoms with E-state index in [4.69, 9.17) is 4.74 Å². The van der Waals surface area contributed by atoms with Crippen molar-refractivity contribution in [2.75, 3.05) is 26.5 Å². The minimum absolute atomic E-state index is 0.779. The van der Waals surface area contributed by atoms with Crippen molar-refractivity contribution in [1.29, 1.82) is 0 Å². The molecule has 0 unspecified atom stereocenters. The number of hydrogen-bond acceptors (Lipinski definition) is 4. The van der Waals surface area contributed by atoms with Crippen molar-refractivity contribution in [3.63, 3.8) is 0 Å². The van der Waals surface area contributed by atoms with Crippen LogP contribution >= 0.6 is 23.1 Å². The largest absolute Gasteiger partial charge is 0.383 e. The van der Waals surface area contributed by atoms with E-state index < -0.39 is 0 Å². The molecule has 0 saturated heterocycles. The van der Waals surface area contributed by atoms with E-state index in [0.717, 1.165) is 19.7 Å². The first kappa shape index (κ1) is 11.0. The van der Waals surface area contributed by atoms with E-state index >= 15 is 0 Å². The Balaban J connectivity index is 2.20. The molecule has 0 aliphatic carbocycles. The molecule has 4 heteroatoms. The topological polar surface area (TPSA) is 21.3 Å². The van der Waals surface area contributed by atoms with Gasteiger partial charge in [-0.25, -0.2) is 0 Å². The zero-order chi connectivity index (χ0) is 9.52. The van der Waals surface area contributed by atoms with Gasteiger partial charge in [-0.15, -0.1) is 23.1 Å². The van der Waals surface area contributed by atoms with Crippen LogP contribution in [0.25, 0.3) is 0 Å². The summed E-state index contributed by atoms with van der Waals surface area (Å²) in [7, 11) is 1.72. The summed E-state index contributed by atoms with van der Waals surface area (Å²) in [5.74, 6) is 0. The second-order valence-corrected chi connectivity index (χ2v) is 4.87. The smallest absolute Gasteiger partial charge is 0.0599 e. The number of nitrogens with one attached hydrogen (secondary N) is 1. The zero-order valence-electron chi connectivity index (χ0n) is 8.00. The molecule has 0 atom stereocenters. The predicted molar refractivity (Wildman–Crippen MR) is 59.7 cm³/mol. The third kappa shape index (κ3) is 4.13. The van der Waals surface area contributed by atoms with E-state index in [1.165, 1.54) is 9.09 Å². The summed E-state index contributed by atoms with van der Waals surface area (Å²) in [6.45, 7) is 2.65. The van der Waals surface area contributed by atoms with Crippen LogP contribution in [0.3, 0.4) is 0 Å². The Morgan fingerprint density at radius 2 is 2.38 bits per heavy atom. The van der Waals surface area contributed by atoms with Crippen LogP contribution in [0, 0.1) is 0 Å². The SMILES string of the molecule is COCCNCc1ccc(SC)s1. The van der Waals surface area contributed by atoms with Crippen molar-refractivity contribution in [2.45, 2.75) is 10.8 Å². The molecule has 0 aliphatic heterocycles. The van der Waals surface area contributed by atoms with Crippen LogP contribution < -0.4 is 5.32 Å². The summed E-state index contributed by atoms with van der Waals surface area (Å²) in [4.78, 5) is 1.39. The summed E-state index contributed by atoms with van der Waals surface area (Å²) in [5, 5.41) is 3.32. The minimum Gasteiger partial charge on any atom is -0.383 e. The van der Waals surface area contributed by atoms with Gasteiger partial charge in [-0.2, -0.15) is 0 Å². The van der Waals surface area contributed by atoms with E-state index in [1.54, 1.807) is 18.9 Å². The number of rotatable bonds is 6. The summed E-state index contributed by atoms with van der Waals surface area (Å²) in [5.41, 5.74) is 0. The van der Waals surface area contributed by atoms with Crippen molar-refractivity contribution in [3.8, 4) is 0 Å². The number of thiophene rings is 1. The van der Waals surface area contributed by atoms with E-state index in [-0.39, 0.29) is 0 Å². The molecule has 1 N–H and O–H groups in total. The number of methoxy groups -OCH3 is 1. The van der Waals surface area contributed by atoms with E-state index in [0.29, 0.717) is 0 Å². The normalized spacial score (nSPS) is 10.6. The van der Waals surface area contributed by atoms with Gasteiger partial charge in [0.2, 0.25) is 0 Å². The van der Waals surface area contributed by atoms with E-state index in [1.807, 2.05) is 11.3 Å². The van der Waals surface area contributed by atoms with Gasteiger partial charge < -0.3 is 10.1 Å². The Morgan fingerprint density at radius 3 is 3.00 bits per heavy atom. The number of hydrogen-bond donors (Lipinski definition) is 1. The van der Waals surface area contributed by atoms with Crippen LogP contribution in [0.15, 0.2) is 16.3 Å². The van der Waals surface area contributed by atoms with Crippen LogP contribution in [0.4, 0.5) is 0 Å². The maximum Gasteiger partial charge on any atom is 0.0599 e. The van der Waals surface area contributed by atoms with Gasteiger partial charge in [0.1, 0.15) is 0 Å². The Labute approximate surface area is 87.7 Å². The van der Waals surface area contributed by atoms with Gasteiger partial charge in [0, 0.05) is 25.1 Å². The molecular formula is C9H15NOS2. The lowest BCUT2D eigenvalue weighted by atomic mass is 10.4. The quantitative estimate of drug-likeness (QED) is 0.583. The molecule has 0 radical (unpaired) electrons. The fraction of sp³-hybridized carbons (Fsp3) is 0.556. The van der Waals surface area contributed by atoms with Gasteiger partial charge in [0.15, 0.2) is 0 Å². The highest BCUT2D eigenvalue weighted by atomic mass is 32.2. The standard InChI is InChI=1S/C9H15NOS2/c1-11-6-5-10-7-8-3-4-9(12-2)13-8/h3-4,10H,5-7H2,1-2H3. The first-order chi connectivity index (χ1) is 6.36. The highest BCUT2D eigenvalue weighted by Crippen LogP contribution is 2.24. The molecule has 13 heavy (non-hydrogen) atoms. The van der Waals surface area contributed by atoms with Crippen molar-refractivity contribution < 1.29 is 4.74 Å². The third-order valence-electron chi connectivity index (χ3n) is 1.62. The molecule has 0 spiro atoms. The average molecular weight is 217 g/mol. The summed E-state index contributed by atoms with van der Waals surface area (Å²) in [6, 6.07) is 4.35. The molecule has 74 valence electrons. The molecule has 0 amide bonds. The Hall–Kier alpha value is -0.0300. The van der Waals surface area contributed by atoms with Gasteiger partial charge in [-0.05, 0) is 18.4 Å².